The average molecular weight is 403 g/mol. The number of amides is 2. The van der Waals surface area contributed by atoms with Crippen LogP contribution in [0.3, 0.4) is 0 Å². The normalized spacial score (nSPS) is 13.7. The van der Waals surface area contributed by atoms with Crippen molar-refractivity contribution in [1.82, 2.24) is 24.8 Å². The van der Waals surface area contributed by atoms with Gasteiger partial charge < -0.3 is 14.5 Å². The Bertz CT molecular complexity index is 1010. The van der Waals surface area contributed by atoms with Crippen molar-refractivity contribution in [2.45, 2.75) is 6.61 Å². The second-order valence-corrected chi connectivity index (χ2v) is 6.85. The molecule has 0 unspecified atom stereocenters. The molecule has 2 aromatic heterocycles. The van der Waals surface area contributed by atoms with E-state index in [1.54, 1.807) is 40.4 Å². The fourth-order valence-electron chi connectivity index (χ4n) is 3.24. The minimum Gasteiger partial charge on any atom is -0.489 e. The molecule has 1 aliphatic heterocycles. The van der Waals surface area contributed by atoms with Gasteiger partial charge in [-0.2, -0.15) is 0 Å². The predicted octanol–water partition coefficient (Wildman–Crippen LogP) is 2.05. The molecule has 3 heterocycles. The van der Waals surface area contributed by atoms with Crippen LogP contribution >= 0.6 is 0 Å². The maximum Gasteiger partial charge on any atom is 0.274 e. The molecule has 1 aromatic carbocycles. The van der Waals surface area contributed by atoms with Crippen LogP contribution in [0, 0.1) is 0 Å². The summed E-state index contributed by atoms with van der Waals surface area (Å²) in [7, 11) is 0. The van der Waals surface area contributed by atoms with E-state index in [1.165, 1.54) is 18.6 Å². The molecule has 3 aromatic rings. The van der Waals surface area contributed by atoms with E-state index in [4.69, 9.17) is 4.74 Å². The highest BCUT2D eigenvalue weighted by atomic mass is 16.5. The van der Waals surface area contributed by atoms with E-state index >= 15 is 0 Å². The summed E-state index contributed by atoms with van der Waals surface area (Å²) in [5, 5.41) is 0. The van der Waals surface area contributed by atoms with Crippen LogP contribution in [0.2, 0.25) is 0 Å². The van der Waals surface area contributed by atoms with E-state index in [1.807, 2.05) is 18.2 Å². The minimum atomic E-state index is -0.166. The van der Waals surface area contributed by atoms with Crippen molar-refractivity contribution in [2.75, 3.05) is 26.2 Å². The number of rotatable bonds is 5. The summed E-state index contributed by atoms with van der Waals surface area (Å²) < 4.78 is 5.79. The molecule has 4 rings (SSSR count). The zero-order chi connectivity index (χ0) is 20.8. The Morgan fingerprint density at radius 1 is 0.867 bits per heavy atom. The van der Waals surface area contributed by atoms with E-state index in [0.29, 0.717) is 49.8 Å². The maximum absolute atomic E-state index is 12.9. The van der Waals surface area contributed by atoms with Crippen molar-refractivity contribution in [3.8, 4) is 5.75 Å². The Morgan fingerprint density at radius 3 is 2.33 bits per heavy atom. The zero-order valence-electron chi connectivity index (χ0n) is 16.3. The van der Waals surface area contributed by atoms with E-state index in [9.17, 15) is 9.59 Å². The Labute approximate surface area is 174 Å². The minimum absolute atomic E-state index is 0.0755. The molecule has 30 heavy (non-hydrogen) atoms. The lowest BCUT2D eigenvalue weighted by Gasteiger charge is -2.34. The van der Waals surface area contributed by atoms with Gasteiger partial charge in [0.15, 0.2) is 0 Å². The van der Waals surface area contributed by atoms with Crippen LogP contribution in [0.15, 0.2) is 67.4 Å². The average Bonchev–Trinajstić information content (AvgIpc) is 2.83. The Morgan fingerprint density at radius 2 is 1.63 bits per heavy atom. The van der Waals surface area contributed by atoms with Crippen LogP contribution in [0.1, 0.15) is 26.4 Å². The van der Waals surface area contributed by atoms with Crippen molar-refractivity contribution in [3.63, 3.8) is 0 Å². The Hall–Kier alpha value is -3.81. The number of nitrogens with zero attached hydrogens (tertiary/aromatic N) is 5. The molecule has 0 bridgehead atoms. The van der Waals surface area contributed by atoms with Gasteiger partial charge in [0, 0.05) is 62.1 Å². The number of ether oxygens (including phenoxy) is 1. The Balaban J connectivity index is 1.34. The first-order valence-electron chi connectivity index (χ1n) is 9.67. The summed E-state index contributed by atoms with van der Waals surface area (Å²) in [4.78, 5) is 40.9. The lowest BCUT2D eigenvalue weighted by molar-refractivity contribution is 0.0532. The molecule has 0 atom stereocenters. The highest BCUT2D eigenvalue weighted by Gasteiger charge is 2.26. The van der Waals surface area contributed by atoms with E-state index in [2.05, 4.69) is 15.0 Å². The molecule has 1 fully saturated rings. The van der Waals surface area contributed by atoms with Gasteiger partial charge in [0.1, 0.15) is 18.1 Å². The van der Waals surface area contributed by atoms with Gasteiger partial charge in [-0.15, -0.1) is 0 Å². The zero-order valence-corrected chi connectivity index (χ0v) is 16.3. The van der Waals surface area contributed by atoms with Gasteiger partial charge in [0.05, 0.1) is 6.20 Å². The number of piperazine rings is 1. The molecule has 1 aliphatic rings. The fraction of sp³-hybridized carbons (Fsp3) is 0.227. The summed E-state index contributed by atoms with van der Waals surface area (Å²) in [6, 6.07) is 10.9. The monoisotopic (exact) mass is 403 g/mol. The number of benzene rings is 1. The molecule has 8 heteroatoms. The van der Waals surface area contributed by atoms with Crippen LogP contribution < -0.4 is 4.74 Å². The molecular formula is C22H21N5O3. The van der Waals surface area contributed by atoms with Crippen molar-refractivity contribution >= 4 is 11.8 Å². The molecule has 0 radical (unpaired) electrons. The van der Waals surface area contributed by atoms with Crippen molar-refractivity contribution < 1.29 is 14.3 Å². The third kappa shape index (κ3) is 4.60. The number of pyridine rings is 1. The molecule has 8 nitrogen and oxygen atoms in total. The third-order valence-electron chi connectivity index (χ3n) is 4.85. The number of hydrogen-bond acceptors (Lipinski definition) is 6. The first-order chi connectivity index (χ1) is 14.7. The topological polar surface area (TPSA) is 88.5 Å². The lowest BCUT2D eigenvalue weighted by atomic mass is 10.1. The van der Waals surface area contributed by atoms with Crippen LogP contribution in [0.5, 0.6) is 5.75 Å². The molecule has 0 spiro atoms. The Kier molecular flexibility index (Phi) is 5.93. The van der Waals surface area contributed by atoms with Crippen molar-refractivity contribution in [1.29, 1.82) is 0 Å². The van der Waals surface area contributed by atoms with Gasteiger partial charge in [-0.05, 0) is 24.3 Å². The number of aromatic nitrogens is 3. The van der Waals surface area contributed by atoms with Gasteiger partial charge in [0.25, 0.3) is 11.8 Å². The molecular weight excluding hydrogens is 382 g/mol. The number of carbonyl (C=O) groups excluding carboxylic acids is 2. The van der Waals surface area contributed by atoms with E-state index in [-0.39, 0.29) is 11.8 Å². The van der Waals surface area contributed by atoms with Crippen molar-refractivity contribution in [2.24, 2.45) is 0 Å². The quantitative estimate of drug-likeness (QED) is 0.648. The first-order valence-corrected chi connectivity index (χ1v) is 9.67. The molecule has 0 N–H and O–H groups in total. The van der Waals surface area contributed by atoms with Gasteiger partial charge in [-0.3, -0.25) is 19.6 Å². The second kappa shape index (κ2) is 9.13. The standard InChI is InChI=1S/C22H21N5O3/c28-21(18-4-1-5-19(13-18)30-16-17-3-2-6-23-14-17)26-9-11-27(12-10-26)22(29)20-15-24-7-8-25-20/h1-8,13-15H,9-12,16H2. The van der Waals surface area contributed by atoms with Crippen molar-refractivity contribution in [3.05, 3.63) is 84.2 Å². The van der Waals surface area contributed by atoms with E-state index < -0.39 is 0 Å². The van der Waals surface area contributed by atoms with Crippen LogP contribution in [-0.2, 0) is 6.61 Å². The molecule has 1 saturated heterocycles. The number of carbonyl (C=O) groups is 2. The maximum atomic E-state index is 12.9. The van der Waals surface area contributed by atoms with E-state index in [0.717, 1.165) is 5.56 Å². The SMILES string of the molecule is O=C(c1cccc(OCc2cccnc2)c1)N1CCN(C(=O)c2cnccn2)CC1. The molecule has 152 valence electrons. The number of hydrogen-bond donors (Lipinski definition) is 0. The second-order valence-electron chi connectivity index (χ2n) is 6.85. The summed E-state index contributed by atoms with van der Waals surface area (Å²) in [6.45, 7) is 2.22. The fourth-order valence-corrected chi connectivity index (χ4v) is 3.24. The smallest absolute Gasteiger partial charge is 0.274 e. The highest BCUT2D eigenvalue weighted by Crippen LogP contribution is 2.18. The third-order valence-corrected chi connectivity index (χ3v) is 4.85. The van der Waals surface area contributed by atoms with Gasteiger partial charge >= 0.3 is 0 Å². The molecule has 2 amide bonds. The van der Waals surface area contributed by atoms with Crippen LogP contribution in [-0.4, -0.2) is 62.7 Å². The summed E-state index contributed by atoms with van der Waals surface area (Å²) in [6.07, 6.45) is 7.94. The van der Waals surface area contributed by atoms with Crippen LogP contribution in [0.4, 0.5) is 0 Å². The lowest BCUT2D eigenvalue weighted by Crippen LogP contribution is -2.50. The van der Waals surface area contributed by atoms with Gasteiger partial charge in [-0.25, -0.2) is 4.98 Å². The highest BCUT2D eigenvalue weighted by molar-refractivity contribution is 5.95. The van der Waals surface area contributed by atoms with Gasteiger partial charge in [-0.1, -0.05) is 12.1 Å². The summed E-state index contributed by atoms with van der Waals surface area (Å²) >= 11 is 0. The first kappa shape index (κ1) is 19.5. The van der Waals surface area contributed by atoms with Crippen LogP contribution in [0.25, 0.3) is 0 Å². The molecule has 0 aliphatic carbocycles. The largest absolute Gasteiger partial charge is 0.489 e. The molecule has 0 saturated carbocycles. The predicted molar refractivity (Wildman–Crippen MR) is 109 cm³/mol. The van der Waals surface area contributed by atoms with Gasteiger partial charge in [0.2, 0.25) is 0 Å². The summed E-state index contributed by atoms with van der Waals surface area (Å²) in [5.74, 6) is 0.385. The summed E-state index contributed by atoms with van der Waals surface area (Å²) in [5.41, 5.74) is 1.83.